The Kier molecular flexibility index (Phi) is 3.98. The van der Waals surface area contributed by atoms with Crippen molar-refractivity contribution in [3.05, 3.63) is 57.8 Å². The van der Waals surface area contributed by atoms with Crippen LogP contribution in [0.3, 0.4) is 0 Å². The number of anilines is 1. The van der Waals surface area contributed by atoms with Crippen LogP contribution in [0.1, 0.15) is 35.7 Å². The van der Waals surface area contributed by atoms with E-state index in [2.05, 4.69) is 37.3 Å². The Labute approximate surface area is 150 Å². The van der Waals surface area contributed by atoms with Gasteiger partial charge in [0.1, 0.15) is 5.82 Å². The lowest BCUT2D eigenvalue weighted by Gasteiger charge is -2.24. The first-order chi connectivity index (χ1) is 11.9. The third-order valence-electron chi connectivity index (χ3n) is 4.58. The number of benzene rings is 1. The number of hydrogen-bond acceptors (Lipinski definition) is 2. The van der Waals surface area contributed by atoms with Crippen molar-refractivity contribution in [2.45, 2.75) is 31.5 Å². The van der Waals surface area contributed by atoms with Crippen LogP contribution in [0.5, 0.6) is 0 Å². The number of alkyl halides is 3. The SMILES string of the molecule is FC(F)(F)c1ccc(NC2CCCc3c2[nH]c2ccc(Br)cc32)nc1. The van der Waals surface area contributed by atoms with E-state index in [1.54, 1.807) is 0 Å². The van der Waals surface area contributed by atoms with Crippen molar-refractivity contribution in [2.75, 3.05) is 5.32 Å². The Hall–Kier alpha value is -2.02. The summed E-state index contributed by atoms with van der Waals surface area (Å²) >= 11 is 3.51. The summed E-state index contributed by atoms with van der Waals surface area (Å²) in [4.78, 5) is 7.39. The van der Waals surface area contributed by atoms with E-state index in [4.69, 9.17) is 0 Å². The van der Waals surface area contributed by atoms with Crippen LogP contribution in [0.4, 0.5) is 19.0 Å². The van der Waals surface area contributed by atoms with Crippen LogP contribution in [-0.4, -0.2) is 9.97 Å². The maximum absolute atomic E-state index is 12.7. The number of aromatic amines is 1. The zero-order valence-corrected chi connectivity index (χ0v) is 14.7. The molecule has 3 nitrogen and oxygen atoms in total. The van der Waals surface area contributed by atoms with Crippen LogP contribution in [0.15, 0.2) is 41.0 Å². The predicted octanol–water partition coefficient (Wildman–Crippen LogP) is 5.83. The summed E-state index contributed by atoms with van der Waals surface area (Å²) in [5.41, 5.74) is 2.70. The minimum atomic E-state index is -4.37. The van der Waals surface area contributed by atoms with Crippen LogP contribution in [0.2, 0.25) is 0 Å². The van der Waals surface area contributed by atoms with Gasteiger partial charge >= 0.3 is 6.18 Å². The number of H-pyrrole nitrogens is 1. The molecule has 7 heteroatoms. The van der Waals surface area contributed by atoms with Gasteiger partial charge in [0.25, 0.3) is 0 Å². The Bertz CT molecular complexity index is 916. The third kappa shape index (κ3) is 3.13. The van der Waals surface area contributed by atoms with Crippen molar-refractivity contribution in [3.8, 4) is 0 Å². The smallest absolute Gasteiger partial charge is 0.362 e. The van der Waals surface area contributed by atoms with Crippen molar-refractivity contribution < 1.29 is 13.2 Å². The third-order valence-corrected chi connectivity index (χ3v) is 5.08. The first-order valence-electron chi connectivity index (χ1n) is 8.01. The van der Waals surface area contributed by atoms with Crippen LogP contribution < -0.4 is 5.32 Å². The number of halogens is 4. The van der Waals surface area contributed by atoms with E-state index in [1.807, 2.05) is 12.1 Å². The second-order valence-electron chi connectivity index (χ2n) is 6.23. The van der Waals surface area contributed by atoms with Crippen LogP contribution in [-0.2, 0) is 12.6 Å². The number of pyridine rings is 1. The molecule has 0 amide bonds. The zero-order chi connectivity index (χ0) is 17.6. The highest BCUT2D eigenvalue weighted by Crippen LogP contribution is 2.37. The number of rotatable bonds is 2. The summed E-state index contributed by atoms with van der Waals surface area (Å²) in [5.74, 6) is 0.450. The number of hydrogen-bond donors (Lipinski definition) is 2. The highest BCUT2D eigenvalue weighted by molar-refractivity contribution is 9.10. The van der Waals surface area contributed by atoms with Gasteiger partial charge in [0, 0.05) is 27.3 Å². The van der Waals surface area contributed by atoms with Gasteiger partial charge in [-0.15, -0.1) is 0 Å². The molecule has 0 saturated heterocycles. The average Bonchev–Trinajstić information content (AvgIpc) is 2.94. The fraction of sp³-hybridized carbons (Fsp3) is 0.278. The first kappa shape index (κ1) is 16.4. The first-order valence-corrected chi connectivity index (χ1v) is 8.81. The van der Waals surface area contributed by atoms with Crippen molar-refractivity contribution in [2.24, 2.45) is 0 Å². The minimum absolute atomic E-state index is 0.0131. The Morgan fingerprint density at radius 1 is 1.20 bits per heavy atom. The predicted molar refractivity (Wildman–Crippen MR) is 94.5 cm³/mol. The lowest BCUT2D eigenvalue weighted by Crippen LogP contribution is -2.18. The van der Waals surface area contributed by atoms with E-state index in [-0.39, 0.29) is 6.04 Å². The van der Waals surface area contributed by atoms with Gasteiger partial charge in [-0.1, -0.05) is 15.9 Å². The van der Waals surface area contributed by atoms with Crippen molar-refractivity contribution in [1.82, 2.24) is 9.97 Å². The minimum Gasteiger partial charge on any atom is -0.362 e. The Balaban J connectivity index is 1.64. The number of aryl methyl sites for hydroxylation is 1. The van der Waals surface area contributed by atoms with E-state index in [0.29, 0.717) is 5.82 Å². The Morgan fingerprint density at radius 2 is 2.04 bits per heavy atom. The van der Waals surface area contributed by atoms with Gasteiger partial charge in [-0.05, 0) is 55.2 Å². The van der Waals surface area contributed by atoms with Crippen molar-refractivity contribution in [1.29, 1.82) is 0 Å². The van der Waals surface area contributed by atoms with Gasteiger partial charge < -0.3 is 10.3 Å². The van der Waals surface area contributed by atoms with Gasteiger partial charge in [-0.25, -0.2) is 4.98 Å². The van der Waals surface area contributed by atoms with E-state index in [1.165, 1.54) is 17.0 Å². The van der Waals surface area contributed by atoms with Crippen LogP contribution in [0, 0.1) is 0 Å². The summed E-state index contributed by atoms with van der Waals surface area (Å²) in [6, 6.07) is 8.58. The number of fused-ring (bicyclic) bond motifs is 3. The normalized spacial score (nSPS) is 17.5. The second kappa shape index (κ2) is 6.05. The molecule has 3 aromatic rings. The lowest BCUT2D eigenvalue weighted by molar-refractivity contribution is -0.137. The topological polar surface area (TPSA) is 40.7 Å². The molecule has 0 fully saturated rings. The molecule has 4 rings (SSSR count). The number of nitrogens with one attached hydrogen (secondary N) is 2. The zero-order valence-electron chi connectivity index (χ0n) is 13.1. The van der Waals surface area contributed by atoms with Gasteiger partial charge in [0.15, 0.2) is 0 Å². The van der Waals surface area contributed by atoms with Gasteiger partial charge in [0.2, 0.25) is 0 Å². The molecule has 2 N–H and O–H groups in total. The molecule has 0 aliphatic heterocycles. The highest BCUT2D eigenvalue weighted by Gasteiger charge is 2.31. The molecule has 0 spiro atoms. The summed E-state index contributed by atoms with van der Waals surface area (Å²) in [6.45, 7) is 0. The number of aromatic nitrogens is 2. The molecule has 25 heavy (non-hydrogen) atoms. The quantitative estimate of drug-likeness (QED) is 0.558. The Morgan fingerprint density at radius 3 is 2.76 bits per heavy atom. The molecule has 1 aliphatic rings. The maximum Gasteiger partial charge on any atom is 0.417 e. The van der Waals surface area contributed by atoms with Crippen LogP contribution >= 0.6 is 15.9 Å². The summed E-state index contributed by atoms with van der Waals surface area (Å²) in [6.07, 6.45) is -0.582. The van der Waals surface area contributed by atoms with E-state index < -0.39 is 11.7 Å². The van der Waals surface area contributed by atoms with E-state index >= 15 is 0 Å². The lowest BCUT2D eigenvalue weighted by atomic mass is 9.91. The van der Waals surface area contributed by atoms with Gasteiger partial charge in [-0.3, -0.25) is 0 Å². The van der Waals surface area contributed by atoms with Crippen LogP contribution in [0.25, 0.3) is 10.9 Å². The molecule has 1 aliphatic carbocycles. The van der Waals surface area contributed by atoms with Crippen molar-refractivity contribution in [3.63, 3.8) is 0 Å². The molecule has 0 saturated carbocycles. The summed E-state index contributed by atoms with van der Waals surface area (Å²) < 4.78 is 39.0. The molecule has 1 aromatic carbocycles. The molecule has 2 aromatic heterocycles. The fourth-order valence-electron chi connectivity index (χ4n) is 3.40. The van der Waals surface area contributed by atoms with Gasteiger partial charge in [-0.2, -0.15) is 13.2 Å². The summed E-state index contributed by atoms with van der Waals surface area (Å²) in [5, 5.41) is 4.46. The standard InChI is InChI=1S/C18H15BrF3N3/c19-11-5-6-14-13(8-11)12-2-1-3-15(17(12)25-14)24-16-7-4-10(9-23-16)18(20,21)22/h4-9,15,25H,1-3H2,(H,23,24). The molecule has 0 radical (unpaired) electrons. The van der Waals surface area contributed by atoms with E-state index in [0.717, 1.165) is 47.2 Å². The fourth-order valence-corrected chi connectivity index (χ4v) is 3.77. The summed E-state index contributed by atoms with van der Waals surface area (Å²) in [7, 11) is 0. The van der Waals surface area contributed by atoms with Crippen molar-refractivity contribution >= 4 is 32.7 Å². The largest absolute Gasteiger partial charge is 0.417 e. The molecule has 2 heterocycles. The highest BCUT2D eigenvalue weighted by atomic mass is 79.9. The molecular formula is C18H15BrF3N3. The average molecular weight is 410 g/mol. The molecule has 1 atom stereocenters. The van der Waals surface area contributed by atoms with Gasteiger partial charge in [0.05, 0.1) is 11.6 Å². The molecule has 0 bridgehead atoms. The molecular weight excluding hydrogens is 395 g/mol. The maximum atomic E-state index is 12.7. The van der Waals surface area contributed by atoms with E-state index in [9.17, 15) is 13.2 Å². The molecule has 1 unspecified atom stereocenters. The monoisotopic (exact) mass is 409 g/mol. The molecule has 130 valence electrons. The second-order valence-corrected chi connectivity index (χ2v) is 7.14. The number of nitrogens with zero attached hydrogens (tertiary/aromatic N) is 1.